The van der Waals surface area contributed by atoms with Gasteiger partial charge in [-0.25, -0.2) is 0 Å². The molecular weight excluding hydrogens is 403 g/mol. The first-order valence-electron chi connectivity index (χ1n) is 9.21. The van der Waals surface area contributed by atoms with Crippen LogP contribution in [0.3, 0.4) is 0 Å². The van der Waals surface area contributed by atoms with Gasteiger partial charge in [0.25, 0.3) is 0 Å². The zero-order valence-corrected chi connectivity index (χ0v) is 17.7. The molecule has 1 aliphatic rings. The maximum atomic E-state index is 12.9. The Hall–Kier alpha value is -1.11. The molecule has 0 fully saturated rings. The highest BCUT2D eigenvalue weighted by Gasteiger charge is 2.33. The molecule has 1 amide bonds. The van der Waals surface area contributed by atoms with Crippen molar-refractivity contribution in [2.45, 2.75) is 25.8 Å². The topological polar surface area (TPSA) is 41.6 Å². The second-order valence-corrected chi connectivity index (χ2v) is 8.28. The maximum absolute atomic E-state index is 12.9. The van der Waals surface area contributed by atoms with E-state index in [0.29, 0.717) is 29.7 Å². The number of halogens is 2. The van der Waals surface area contributed by atoms with Gasteiger partial charge in [-0.05, 0) is 61.0 Å². The van der Waals surface area contributed by atoms with Crippen molar-refractivity contribution in [3.05, 3.63) is 55.7 Å². The van der Waals surface area contributed by atoms with E-state index in [1.54, 1.807) is 17.4 Å². The highest BCUT2D eigenvalue weighted by molar-refractivity contribution is 7.10. The normalized spacial score (nSPS) is 16.4. The Morgan fingerprint density at radius 2 is 2.19 bits per heavy atom. The number of nitrogens with one attached hydrogen (secondary N) is 1. The standard InChI is InChI=1S/C20H24Cl2N2O2S/c1-2-26-10-3-8-23-13-19(25)24-9-6-18-16(7-11-27-18)20(24)15-5-4-14(21)12-17(15)22/h4-5,7,11-12,20,23H,2-3,6,8-10,13H2,1H3. The van der Waals surface area contributed by atoms with Gasteiger partial charge in [0, 0.05) is 34.7 Å². The molecule has 0 saturated carbocycles. The number of carbonyl (C=O) groups is 1. The van der Waals surface area contributed by atoms with Crippen LogP contribution in [0.5, 0.6) is 0 Å². The highest BCUT2D eigenvalue weighted by Crippen LogP contribution is 2.40. The van der Waals surface area contributed by atoms with Gasteiger partial charge < -0.3 is 15.0 Å². The van der Waals surface area contributed by atoms with E-state index >= 15 is 0 Å². The van der Waals surface area contributed by atoms with Crippen molar-refractivity contribution in [2.24, 2.45) is 0 Å². The first-order chi connectivity index (χ1) is 13.1. The van der Waals surface area contributed by atoms with Gasteiger partial charge in [-0.1, -0.05) is 29.3 Å². The van der Waals surface area contributed by atoms with E-state index in [1.165, 1.54) is 10.4 Å². The molecule has 3 rings (SSSR count). The number of nitrogens with zero attached hydrogens (tertiary/aromatic N) is 1. The number of ether oxygens (including phenoxy) is 1. The lowest BCUT2D eigenvalue weighted by molar-refractivity contribution is -0.132. The second-order valence-electron chi connectivity index (χ2n) is 6.43. The van der Waals surface area contributed by atoms with Crippen molar-refractivity contribution in [3.8, 4) is 0 Å². The lowest BCUT2D eigenvalue weighted by Gasteiger charge is -2.37. The minimum Gasteiger partial charge on any atom is -0.382 e. The monoisotopic (exact) mass is 426 g/mol. The Labute approximate surface area is 174 Å². The van der Waals surface area contributed by atoms with Gasteiger partial charge in [0.1, 0.15) is 0 Å². The summed E-state index contributed by atoms with van der Waals surface area (Å²) in [6.07, 6.45) is 1.77. The Morgan fingerprint density at radius 3 is 2.96 bits per heavy atom. The fraction of sp³-hybridized carbons (Fsp3) is 0.450. The third kappa shape index (κ3) is 5.04. The summed E-state index contributed by atoms with van der Waals surface area (Å²) in [5, 5.41) is 6.50. The summed E-state index contributed by atoms with van der Waals surface area (Å²) < 4.78 is 5.33. The molecule has 146 valence electrons. The Balaban J connectivity index is 1.74. The lowest BCUT2D eigenvalue weighted by Crippen LogP contribution is -2.44. The van der Waals surface area contributed by atoms with E-state index in [2.05, 4.69) is 16.8 Å². The molecule has 2 aromatic rings. The Kier molecular flexibility index (Phi) is 7.56. The third-order valence-electron chi connectivity index (χ3n) is 4.67. The van der Waals surface area contributed by atoms with E-state index in [1.807, 2.05) is 24.0 Å². The molecule has 0 bridgehead atoms. The van der Waals surface area contributed by atoms with Crippen molar-refractivity contribution < 1.29 is 9.53 Å². The molecule has 1 aromatic carbocycles. The van der Waals surface area contributed by atoms with Crippen molar-refractivity contribution in [1.82, 2.24) is 10.2 Å². The van der Waals surface area contributed by atoms with Crippen LogP contribution in [0.1, 0.15) is 35.4 Å². The lowest BCUT2D eigenvalue weighted by atomic mass is 9.93. The summed E-state index contributed by atoms with van der Waals surface area (Å²) in [6.45, 7) is 5.18. The summed E-state index contributed by atoms with van der Waals surface area (Å²) in [5.74, 6) is 0.0827. The third-order valence-corrected chi connectivity index (χ3v) is 6.22. The first kappa shape index (κ1) is 20.6. The molecular formula is C20H24Cl2N2O2S. The average molecular weight is 427 g/mol. The van der Waals surface area contributed by atoms with E-state index in [9.17, 15) is 4.79 Å². The van der Waals surface area contributed by atoms with Crippen LogP contribution in [0.2, 0.25) is 10.0 Å². The van der Waals surface area contributed by atoms with Crippen LogP contribution in [0.25, 0.3) is 0 Å². The van der Waals surface area contributed by atoms with Crippen molar-refractivity contribution in [2.75, 3.05) is 32.8 Å². The van der Waals surface area contributed by atoms with Gasteiger partial charge >= 0.3 is 0 Å². The van der Waals surface area contributed by atoms with Crippen LogP contribution in [0.4, 0.5) is 0 Å². The van der Waals surface area contributed by atoms with E-state index in [0.717, 1.165) is 31.6 Å². The molecule has 1 atom stereocenters. The number of carbonyl (C=O) groups excluding carboxylic acids is 1. The van der Waals surface area contributed by atoms with Crippen LogP contribution < -0.4 is 5.32 Å². The second kappa shape index (κ2) is 9.89. The van der Waals surface area contributed by atoms with Crippen molar-refractivity contribution in [1.29, 1.82) is 0 Å². The summed E-state index contributed by atoms with van der Waals surface area (Å²) >= 11 is 14.3. The van der Waals surface area contributed by atoms with Crippen LogP contribution in [0, 0.1) is 0 Å². The van der Waals surface area contributed by atoms with E-state index < -0.39 is 0 Å². The molecule has 27 heavy (non-hydrogen) atoms. The molecule has 0 radical (unpaired) electrons. The van der Waals surface area contributed by atoms with Gasteiger partial charge in [-0.15, -0.1) is 11.3 Å². The summed E-state index contributed by atoms with van der Waals surface area (Å²) in [7, 11) is 0. The molecule has 1 aromatic heterocycles. The molecule has 7 heteroatoms. The average Bonchev–Trinajstić information content (AvgIpc) is 3.13. The van der Waals surface area contributed by atoms with Crippen LogP contribution in [-0.2, 0) is 16.0 Å². The van der Waals surface area contributed by atoms with Gasteiger partial charge in [-0.2, -0.15) is 0 Å². The molecule has 0 aliphatic carbocycles. The molecule has 2 heterocycles. The van der Waals surface area contributed by atoms with Gasteiger partial charge in [-0.3, -0.25) is 4.79 Å². The minimum absolute atomic E-state index is 0.0827. The van der Waals surface area contributed by atoms with Gasteiger partial charge in [0.15, 0.2) is 0 Å². The molecule has 1 unspecified atom stereocenters. The molecule has 0 saturated heterocycles. The number of hydrogen-bond acceptors (Lipinski definition) is 4. The predicted molar refractivity (Wildman–Crippen MR) is 112 cm³/mol. The maximum Gasteiger partial charge on any atom is 0.237 e. The smallest absolute Gasteiger partial charge is 0.237 e. The largest absolute Gasteiger partial charge is 0.382 e. The highest BCUT2D eigenvalue weighted by atomic mass is 35.5. The summed E-state index contributed by atoms with van der Waals surface area (Å²) in [5.41, 5.74) is 2.09. The zero-order valence-electron chi connectivity index (χ0n) is 15.3. The van der Waals surface area contributed by atoms with E-state index in [-0.39, 0.29) is 11.9 Å². The number of hydrogen-bond donors (Lipinski definition) is 1. The number of thiophene rings is 1. The fourth-order valence-corrected chi connectivity index (χ4v) is 4.80. The molecule has 1 aliphatic heterocycles. The summed E-state index contributed by atoms with van der Waals surface area (Å²) in [4.78, 5) is 16.2. The van der Waals surface area contributed by atoms with Crippen LogP contribution >= 0.6 is 34.5 Å². The summed E-state index contributed by atoms with van der Waals surface area (Å²) in [6, 6.07) is 7.44. The predicted octanol–water partition coefficient (Wildman–Crippen LogP) is 4.55. The number of amides is 1. The Bertz CT molecular complexity index is 781. The number of rotatable bonds is 8. The van der Waals surface area contributed by atoms with Crippen molar-refractivity contribution in [3.63, 3.8) is 0 Å². The van der Waals surface area contributed by atoms with Gasteiger partial charge in [0.05, 0.1) is 12.6 Å². The zero-order chi connectivity index (χ0) is 19.2. The molecule has 1 N–H and O–H groups in total. The van der Waals surface area contributed by atoms with E-state index in [4.69, 9.17) is 27.9 Å². The van der Waals surface area contributed by atoms with Crippen molar-refractivity contribution >= 4 is 40.4 Å². The number of fused-ring (bicyclic) bond motifs is 1. The van der Waals surface area contributed by atoms with Crippen LogP contribution in [0.15, 0.2) is 29.6 Å². The molecule has 0 spiro atoms. The van der Waals surface area contributed by atoms with Crippen LogP contribution in [-0.4, -0.2) is 43.7 Å². The first-order valence-corrected chi connectivity index (χ1v) is 10.8. The number of benzene rings is 1. The van der Waals surface area contributed by atoms with Gasteiger partial charge in [0.2, 0.25) is 5.91 Å². The minimum atomic E-state index is -0.164. The SMILES string of the molecule is CCOCCCNCC(=O)N1CCc2sccc2C1c1ccc(Cl)cc1Cl. The molecule has 4 nitrogen and oxygen atoms in total. The fourth-order valence-electron chi connectivity index (χ4n) is 3.38. The Morgan fingerprint density at radius 1 is 1.33 bits per heavy atom. The quantitative estimate of drug-likeness (QED) is 0.629.